The van der Waals surface area contributed by atoms with Crippen LogP contribution >= 0.6 is 0 Å². The standard InChI is InChI=1S/C18H19F2NO3S/c19-15-8-9-18(20)14(11-15)13-24-16-5-4-10-21(12-16)25(22,23)17-6-2-1-3-7-17/h1-3,6-9,11,16H,4-5,10,12-13H2. The number of nitrogens with zero attached hydrogens (tertiary/aromatic N) is 1. The molecule has 1 fully saturated rings. The second-order valence-electron chi connectivity index (χ2n) is 5.99. The van der Waals surface area contributed by atoms with Gasteiger partial charge in [0, 0.05) is 18.7 Å². The monoisotopic (exact) mass is 367 g/mol. The van der Waals surface area contributed by atoms with Gasteiger partial charge in [0.25, 0.3) is 0 Å². The van der Waals surface area contributed by atoms with Gasteiger partial charge in [-0.15, -0.1) is 0 Å². The topological polar surface area (TPSA) is 46.6 Å². The molecular formula is C18H19F2NO3S. The Labute approximate surface area is 146 Å². The molecule has 4 nitrogen and oxygen atoms in total. The van der Waals surface area contributed by atoms with Gasteiger partial charge in [0.05, 0.1) is 17.6 Å². The summed E-state index contributed by atoms with van der Waals surface area (Å²) in [6, 6.07) is 11.4. The van der Waals surface area contributed by atoms with Gasteiger partial charge in [0.2, 0.25) is 10.0 Å². The van der Waals surface area contributed by atoms with Crippen molar-refractivity contribution in [1.29, 1.82) is 0 Å². The molecule has 3 rings (SSSR count). The SMILES string of the molecule is O=S(=O)(c1ccccc1)N1CCCC(OCc2cc(F)ccc2F)C1. The maximum Gasteiger partial charge on any atom is 0.243 e. The van der Waals surface area contributed by atoms with Gasteiger partial charge in [-0.2, -0.15) is 4.31 Å². The van der Waals surface area contributed by atoms with Crippen molar-refractivity contribution in [3.63, 3.8) is 0 Å². The van der Waals surface area contributed by atoms with Crippen molar-refractivity contribution < 1.29 is 21.9 Å². The largest absolute Gasteiger partial charge is 0.372 e. The summed E-state index contributed by atoms with van der Waals surface area (Å²) in [5.41, 5.74) is 0.128. The fourth-order valence-corrected chi connectivity index (χ4v) is 4.39. The minimum atomic E-state index is -3.57. The molecule has 0 amide bonds. The molecule has 1 atom stereocenters. The van der Waals surface area contributed by atoms with Crippen molar-refractivity contribution in [2.24, 2.45) is 0 Å². The lowest BCUT2D eigenvalue weighted by molar-refractivity contribution is 0.00685. The third-order valence-corrected chi connectivity index (χ3v) is 6.08. The van der Waals surface area contributed by atoms with Crippen LogP contribution < -0.4 is 0 Å². The lowest BCUT2D eigenvalue weighted by Gasteiger charge is -2.31. The molecule has 0 bridgehead atoms. The van der Waals surface area contributed by atoms with Gasteiger partial charge in [-0.1, -0.05) is 18.2 Å². The molecule has 1 aliphatic rings. The third kappa shape index (κ3) is 4.23. The number of benzene rings is 2. The maximum absolute atomic E-state index is 13.7. The number of halogens is 2. The Hall–Kier alpha value is -1.83. The Bertz CT molecular complexity index is 827. The summed E-state index contributed by atoms with van der Waals surface area (Å²) >= 11 is 0. The number of rotatable bonds is 5. The molecule has 0 saturated carbocycles. The van der Waals surface area contributed by atoms with Gasteiger partial charge < -0.3 is 4.74 Å². The van der Waals surface area contributed by atoms with Crippen LogP contribution in [0.5, 0.6) is 0 Å². The van der Waals surface area contributed by atoms with E-state index in [2.05, 4.69) is 0 Å². The summed E-state index contributed by atoms with van der Waals surface area (Å²) in [5.74, 6) is -1.07. The number of hydrogen-bond donors (Lipinski definition) is 0. The summed E-state index contributed by atoms with van der Waals surface area (Å²) in [6.07, 6.45) is 0.981. The fraction of sp³-hybridized carbons (Fsp3) is 0.333. The van der Waals surface area contributed by atoms with Crippen LogP contribution in [0.2, 0.25) is 0 Å². The summed E-state index contributed by atoms with van der Waals surface area (Å²) in [7, 11) is -3.57. The highest BCUT2D eigenvalue weighted by Gasteiger charge is 2.30. The molecule has 1 aliphatic heterocycles. The van der Waals surface area contributed by atoms with Crippen molar-refractivity contribution in [3.05, 3.63) is 65.7 Å². The first-order chi connectivity index (χ1) is 12.0. The quantitative estimate of drug-likeness (QED) is 0.814. The number of piperidine rings is 1. The molecule has 0 radical (unpaired) electrons. The van der Waals surface area contributed by atoms with Crippen molar-refractivity contribution in [2.75, 3.05) is 13.1 Å². The number of ether oxygens (including phenoxy) is 1. The van der Waals surface area contributed by atoms with Gasteiger partial charge in [-0.05, 0) is 43.2 Å². The van der Waals surface area contributed by atoms with Crippen molar-refractivity contribution in [3.8, 4) is 0 Å². The molecule has 0 aliphatic carbocycles. The van der Waals surface area contributed by atoms with E-state index >= 15 is 0 Å². The summed E-state index contributed by atoms with van der Waals surface area (Å²) < 4.78 is 59.2. The number of hydrogen-bond acceptors (Lipinski definition) is 3. The first kappa shape index (κ1) is 18.0. The van der Waals surface area contributed by atoms with Gasteiger partial charge in [-0.3, -0.25) is 0 Å². The highest BCUT2D eigenvalue weighted by molar-refractivity contribution is 7.89. The van der Waals surface area contributed by atoms with Crippen LogP contribution in [-0.4, -0.2) is 31.9 Å². The summed E-state index contributed by atoms with van der Waals surface area (Å²) in [6.45, 7) is 0.535. The first-order valence-corrected chi connectivity index (χ1v) is 9.51. The third-order valence-electron chi connectivity index (χ3n) is 4.20. The van der Waals surface area contributed by atoms with E-state index in [1.807, 2.05) is 0 Å². The van der Waals surface area contributed by atoms with Gasteiger partial charge in [-0.25, -0.2) is 17.2 Å². The fourth-order valence-electron chi connectivity index (χ4n) is 2.86. The Balaban J connectivity index is 1.66. The summed E-state index contributed by atoms with van der Waals surface area (Å²) in [5, 5.41) is 0. The lowest BCUT2D eigenvalue weighted by Crippen LogP contribution is -2.43. The summed E-state index contributed by atoms with van der Waals surface area (Å²) in [4.78, 5) is 0.242. The average molecular weight is 367 g/mol. The van der Waals surface area contributed by atoms with Crippen LogP contribution in [0.1, 0.15) is 18.4 Å². The van der Waals surface area contributed by atoms with Gasteiger partial charge in [0.1, 0.15) is 11.6 Å². The number of sulfonamides is 1. The zero-order chi connectivity index (χ0) is 17.9. The molecular weight excluding hydrogens is 348 g/mol. The van der Waals surface area contributed by atoms with Crippen molar-refractivity contribution in [2.45, 2.75) is 30.4 Å². The highest BCUT2D eigenvalue weighted by atomic mass is 32.2. The first-order valence-electron chi connectivity index (χ1n) is 8.07. The minimum Gasteiger partial charge on any atom is -0.372 e. The zero-order valence-electron chi connectivity index (χ0n) is 13.6. The maximum atomic E-state index is 13.7. The Morgan fingerprint density at radius 1 is 1.12 bits per heavy atom. The van der Waals surface area contributed by atoms with E-state index in [4.69, 9.17) is 4.74 Å². The van der Waals surface area contributed by atoms with E-state index in [1.165, 1.54) is 4.31 Å². The van der Waals surface area contributed by atoms with Gasteiger partial charge in [0.15, 0.2) is 0 Å². The normalized spacial score (nSPS) is 19.0. The predicted molar refractivity (Wildman–Crippen MR) is 89.4 cm³/mol. The van der Waals surface area contributed by atoms with Crippen molar-refractivity contribution in [1.82, 2.24) is 4.31 Å². The van der Waals surface area contributed by atoms with Crippen LogP contribution in [-0.2, 0) is 21.4 Å². The van der Waals surface area contributed by atoms with E-state index in [9.17, 15) is 17.2 Å². The minimum absolute atomic E-state index is 0.0898. The molecule has 0 N–H and O–H groups in total. The predicted octanol–water partition coefficient (Wildman–Crippen LogP) is 3.33. The van der Waals surface area contributed by atoms with Gasteiger partial charge >= 0.3 is 0 Å². The molecule has 2 aromatic rings. The molecule has 25 heavy (non-hydrogen) atoms. The van der Waals surface area contributed by atoms with E-state index in [1.54, 1.807) is 30.3 Å². The molecule has 7 heteroatoms. The van der Waals surface area contributed by atoms with Crippen LogP contribution in [0.25, 0.3) is 0 Å². The zero-order valence-corrected chi connectivity index (χ0v) is 14.4. The second kappa shape index (κ2) is 7.59. The van der Waals surface area contributed by atoms with E-state index in [0.717, 1.165) is 18.2 Å². The Morgan fingerprint density at radius 2 is 1.88 bits per heavy atom. The Morgan fingerprint density at radius 3 is 2.64 bits per heavy atom. The molecule has 134 valence electrons. The molecule has 1 unspecified atom stereocenters. The van der Waals surface area contributed by atoms with E-state index in [-0.39, 0.29) is 29.7 Å². The van der Waals surface area contributed by atoms with Crippen LogP contribution in [0.15, 0.2) is 53.4 Å². The Kier molecular flexibility index (Phi) is 5.46. The van der Waals surface area contributed by atoms with Crippen molar-refractivity contribution >= 4 is 10.0 Å². The highest BCUT2D eigenvalue weighted by Crippen LogP contribution is 2.23. The smallest absolute Gasteiger partial charge is 0.243 e. The molecule has 1 saturated heterocycles. The second-order valence-corrected chi connectivity index (χ2v) is 7.93. The van der Waals surface area contributed by atoms with E-state index < -0.39 is 21.7 Å². The lowest BCUT2D eigenvalue weighted by atomic mass is 10.1. The molecule has 2 aromatic carbocycles. The average Bonchev–Trinajstić information content (AvgIpc) is 2.63. The molecule has 0 spiro atoms. The molecule has 1 heterocycles. The molecule has 0 aromatic heterocycles. The van der Waals surface area contributed by atoms with Crippen LogP contribution in [0, 0.1) is 11.6 Å². The van der Waals surface area contributed by atoms with Crippen LogP contribution in [0.4, 0.5) is 8.78 Å². The van der Waals surface area contributed by atoms with Crippen LogP contribution in [0.3, 0.4) is 0 Å². The van der Waals surface area contributed by atoms with E-state index in [0.29, 0.717) is 19.4 Å².